The number of carbonyl (C=O) groups is 3. The van der Waals surface area contributed by atoms with Gasteiger partial charge in [-0.25, -0.2) is 4.79 Å². The first kappa shape index (κ1) is 27.6. The lowest BCUT2D eigenvalue weighted by Gasteiger charge is -2.35. The summed E-state index contributed by atoms with van der Waals surface area (Å²) in [5.41, 5.74) is 1.07. The van der Waals surface area contributed by atoms with Crippen molar-refractivity contribution in [3.05, 3.63) is 37.3 Å². The van der Waals surface area contributed by atoms with Crippen molar-refractivity contribution in [1.82, 2.24) is 15.3 Å². The van der Waals surface area contributed by atoms with Gasteiger partial charge in [-0.3, -0.25) is 19.4 Å². The molecule has 11 nitrogen and oxygen atoms in total. The molecule has 6 N–H and O–H groups in total. The van der Waals surface area contributed by atoms with Gasteiger partial charge in [-0.15, -0.1) is 11.3 Å². The molecule has 12 heteroatoms. The van der Waals surface area contributed by atoms with Gasteiger partial charge >= 0.3 is 11.9 Å². The van der Waals surface area contributed by atoms with Crippen LogP contribution in [0, 0.1) is 17.8 Å². The number of nitrogens with zero attached hydrogens (tertiary/aromatic N) is 1. The number of rotatable bonds is 11. The molecule has 0 bridgehead atoms. The SMILES string of the molecule is [2H]C(C)(C)c1cc(C(=O)N[C@H](C(=O)O)C(C)CC(=O)O)sc1CC(C)[C@@H]1CNc2nc(NC)[nH]c(=O)c2C1C. The second kappa shape index (κ2) is 12.0. The van der Waals surface area contributed by atoms with Gasteiger partial charge in [-0.1, -0.05) is 34.6 Å². The number of amides is 1. The monoisotopic (exact) mass is 548 g/mol. The van der Waals surface area contributed by atoms with Crippen LogP contribution in [0.4, 0.5) is 11.8 Å². The number of anilines is 2. The van der Waals surface area contributed by atoms with Crippen LogP contribution in [0.15, 0.2) is 10.9 Å². The highest BCUT2D eigenvalue weighted by Gasteiger charge is 2.34. The summed E-state index contributed by atoms with van der Waals surface area (Å²) >= 11 is 1.21. The first-order chi connectivity index (χ1) is 18.1. The number of fused-ring (bicyclic) bond motifs is 1. The Morgan fingerprint density at radius 1 is 1.26 bits per heavy atom. The van der Waals surface area contributed by atoms with Crippen LogP contribution < -0.4 is 21.5 Å². The summed E-state index contributed by atoms with van der Waals surface area (Å²) in [6, 6.07) is 0.261. The molecular weight excluding hydrogens is 510 g/mol. The number of H-pyrrole nitrogens is 1. The molecule has 3 heterocycles. The molecular formula is C26H37N5O6S. The summed E-state index contributed by atoms with van der Waals surface area (Å²) in [6.45, 7) is 9.60. The molecule has 2 aromatic rings. The van der Waals surface area contributed by atoms with Crippen molar-refractivity contribution in [2.45, 2.75) is 65.3 Å². The number of thiophene rings is 1. The molecule has 1 aliphatic rings. The summed E-state index contributed by atoms with van der Waals surface area (Å²) in [7, 11) is 1.68. The Morgan fingerprint density at radius 2 is 1.95 bits per heavy atom. The molecule has 208 valence electrons. The minimum Gasteiger partial charge on any atom is -0.481 e. The van der Waals surface area contributed by atoms with Crippen LogP contribution in [-0.2, 0) is 16.0 Å². The average Bonchev–Trinajstić information content (AvgIpc) is 3.25. The zero-order valence-electron chi connectivity index (χ0n) is 23.5. The molecule has 3 unspecified atom stereocenters. The van der Waals surface area contributed by atoms with Crippen LogP contribution in [0.3, 0.4) is 0 Å². The van der Waals surface area contributed by atoms with Crippen molar-refractivity contribution in [2.24, 2.45) is 17.8 Å². The number of nitrogens with one attached hydrogen (secondary N) is 4. The predicted octanol–water partition coefficient (Wildman–Crippen LogP) is 3.31. The Bertz CT molecular complexity index is 1300. The van der Waals surface area contributed by atoms with Crippen molar-refractivity contribution in [2.75, 3.05) is 24.2 Å². The minimum atomic E-state index is -1.37. The first-order valence-corrected chi connectivity index (χ1v) is 13.4. The van der Waals surface area contributed by atoms with E-state index in [4.69, 9.17) is 6.48 Å². The summed E-state index contributed by atoms with van der Waals surface area (Å²) in [5.74, 6) is -3.89. The van der Waals surface area contributed by atoms with Crippen molar-refractivity contribution >= 4 is 40.9 Å². The maximum atomic E-state index is 13.1. The molecule has 0 aromatic carbocycles. The molecule has 1 aliphatic heterocycles. The molecule has 0 saturated carbocycles. The van der Waals surface area contributed by atoms with E-state index in [0.29, 0.717) is 35.9 Å². The summed E-state index contributed by atoms with van der Waals surface area (Å²) in [6.07, 6.45) is 0.153. The van der Waals surface area contributed by atoms with Gasteiger partial charge in [0.15, 0.2) is 0 Å². The highest BCUT2D eigenvalue weighted by molar-refractivity contribution is 7.14. The van der Waals surface area contributed by atoms with E-state index in [1.54, 1.807) is 27.0 Å². The lowest BCUT2D eigenvalue weighted by atomic mass is 9.76. The molecule has 5 atom stereocenters. The zero-order chi connectivity index (χ0) is 29.2. The van der Waals surface area contributed by atoms with Gasteiger partial charge in [0.2, 0.25) is 5.95 Å². The smallest absolute Gasteiger partial charge is 0.326 e. The third-order valence-electron chi connectivity index (χ3n) is 7.22. The minimum absolute atomic E-state index is 0.0713. The van der Waals surface area contributed by atoms with Crippen LogP contribution in [0.1, 0.15) is 79.9 Å². The quantitative estimate of drug-likeness (QED) is 0.246. The number of carbonyl (C=O) groups excluding carboxylic acids is 1. The molecule has 0 aliphatic carbocycles. The molecule has 0 fully saturated rings. The van der Waals surface area contributed by atoms with Gasteiger partial charge in [-0.05, 0) is 47.6 Å². The van der Waals surface area contributed by atoms with E-state index in [1.165, 1.54) is 18.3 Å². The molecule has 38 heavy (non-hydrogen) atoms. The van der Waals surface area contributed by atoms with Crippen LogP contribution in [-0.4, -0.2) is 57.7 Å². The normalized spacial score (nSPS) is 19.8. The van der Waals surface area contributed by atoms with E-state index in [0.717, 1.165) is 4.88 Å². The number of aliphatic carboxylic acids is 2. The molecule has 0 saturated heterocycles. The molecule has 0 radical (unpaired) electrons. The molecule has 3 rings (SSSR count). The summed E-state index contributed by atoms with van der Waals surface area (Å²) in [4.78, 5) is 57.0. The van der Waals surface area contributed by atoms with Crippen molar-refractivity contribution in [3.8, 4) is 0 Å². The number of hydrogen-bond donors (Lipinski definition) is 6. The van der Waals surface area contributed by atoms with Gasteiger partial charge in [0.1, 0.15) is 11.9 Å². The van der Waals surface area contributed by atoms with E-state index in [2.05, 4.69) is 32.8 Å². The van der Waals surface area contributed by atoms with E-state index >= 15 is 0 Å². The van der Waals surface area contributed by atoms with Gasteiger partial charge < -0.3 is 26.2 Å². The van der Waals surface area contributed by atoms with Crippen LogP contribution in [0.25, 0.3) is 0 Å². The third-order valence-corrected chi connectivity index (χ3v) is 8.38. The van der Waals surface area contributed by atoms with Crippen molar-refractivity contribution in [1.29, 1.82) is 0 Å². The van der Waals surface area contributed by atoms with Gasteiger partial charge in [-0.2, -0.15) is 4.98 Å². The second-order valence-electron chi connectivity index (χ2n) is 10.3. The fourth-order valence-electron chi connectivity index (χ4n) is 5.07. The molecule has 0 spiro atoms. The van der Waals surface area contributed by atoms with Crippen LogP contribution >= 0.6 is 11.3 Å². The second-order valence-corrected chi connectivity index (χ2v) is 11.4. The highest BCUT2D eigenvalue weighted by atomic mass is 32.1. The highest BCUT2D eigenvalue weighted by Crippen LogP contribution is 2.39. The van der Waals surface area contributed by atoms with E-state index < -0.39 is 42.1 Å². The summed E-state index contributed by atoms with van der Waals surface area (Å²) in [5, 5.41) is 27.2. The number of hydrogen-bond acceptors (Lipinski definition) is 8. The van der Waals surface area contributed by atoms with Crippen LogP contribution in [0.5, 0.6) is 0 Å². The van der Waals surface area contributed by atoms with E-state index in [1.807, 2.05) is 6.92 Å². The standard InChI is InChI=1S/C26H37N5O6S/c1-11(2)15-9-18(23(34)29-21(25(36)37)13(4)8-19(32)33)38-17(15)7-12(3)16-10-28-22-20(14(16)5)24(35)31-26(27-6)30-22/h9,11-14,16,21H,7-8,10H2,1-6H3,(H,29,34)(H,32,33)(H,36,37)(H3,27,28,30,31,35)/t12?,13?,14?,16-,21-/m0/s1/i11D. The van der Waals surface area contributed by atoms with Crippen LogP contribution in [0.2, 0.25) is 0 Å². The number of carboxylic acids is 2. The largest absolute Gasteiger partial charge is 0.481 e. The Morgan fingerprint density at radius 3 is 2.53 bits per heavy atom. The molecule has 2 aromatic heterocycles. The number of aromatic amines is 1. The Balaban J connectivity index is 1.85. The zero-order valence-corrected chi connectivity index (χ0v) is 23.3. The topological polar surface area (TPSA) is 174 Å². The third kappa shape index (κ3) is 6.35. The fraction of sp³-hybridized carbons (Fsp3) is 0.577. The summed E-state index contributed by atoms with van der Waals surface area (Å²) < 4.78 is 8.66. The first-order valence-electron chi connectivity index (χ1n) is 13.1. The Kier molecular flexibility index (Phi) is 8.70. The lowest BCUT2D eigenvalue weighted by molar-refractivity contribution is -0.142. The Hall–Kier alpha value is -3.41. The Labute approximate surface area is 226 Å². The maximum absolute atomic E-state index is 13.1. The lowest BCUT2D eigenvalue weighted by Crippen LogP contribution is -2.45. The number of carboxylic acid groups (broad SMARTS) is 2. The van der Waals surface area contributed by atoms with Crippen molar-refractivity contribution < 1.29 is 26.0 Å². The van der Waals surface area contributed by atoms with Gasteiger partial charge in [0, 0.05) is 19.8 Å². The van der Waals surface area contributed by atoms with Crippen molar-refractivity contribution in [3.63, 3.8) is 0 Å². The molecule has 1 amide bonds. The van der Waals surface area contributed by atoms with Gasteiger partial charge in [0.05, 0.1) is 16.9 Å². The van der Waals surface area contributed by atoms with E-state index in [-0.39, 0.29) is 28.2 Å². The average molecular weight is 549 g/mol. The predicted molar refractivity (Wildman–Crippen MR) is 146 cm³/mol. The maximum Gasteiger partial charge on any atom is 0.326 e. The number of aromatic nitrogens is 2. The fourth-order valence-corrected chi connectivity index (χ4v) is 6.38. The van der Waals surface area contributed by atoms with E-state index in [9.17, 15) is 24.3 Å². The van der Waals surface area contributed by atoms with Gasteiger partial charge in [0.25, 0.3) is 11.5 Å².